The fraction of sp³-hybridized carbons (Fsp3) is 0.318. The Balaban J connectivity index is 1.75. The van der Waals surface area contributed by atoms with Crippen LogP contribution in [0.3, 0.4) is 0 Å². The van der Waals surface area contributed by atoms with E-state index >= 15 is 0 Å². The number of hydrogen-bond acceptors (Lipinski definition) is 3. The van der Waals surface area contributed by atoms with Crippen LogP contribution in [0, 0.1) is 0 Å². The number of likely N-dealkylation sites (tertiary alicyclic amines) is 1. The van der Waals surface area contributed by atoms with E-state index in [4.69, 9.17) is 4.74 Å². The van der Waals surface area contributed by atoms with Crippen LogP contribution in [0.25, 0.3) is 22.4 Å². The highest BCUT2D eigenvalue weighted by Crippen LogP contribution is 2.37. The van der Waals surface area contributed by atoms with E-state index in [1.54, 1.807) is 7.11 Å². The standard InChI is InChI=1S/C22H25N3O/c1-25-13-9-17(10-14-25)21-15-20(16-7-11-23-12-8-16)22(24-21)18-3-5-19(26-2)6-4-18/h3-8,11-12,15,17,24H,9-10,13-14H2,1-2H3. The molecule has 3 heterocycles. The number of nitrogens with one attached hydrogen (secondary N) is 1. The molecule has 0 aliphatic carbocycles. The first-order valence-corrected chi connectivity index (χ1v) is 9.21. The van der Waals surface area contributed by atoms with Gasteiger partial charge in [0, 0.05) is 29.6 Å². The summed E-state index contributed by atoms with van der Waals surface area (Å²) in [6.45, 7) is 2.32. The molecule has 1 aliphatic rings. The Bertz CT molecular complexity index is 847. The van der Waals surface area contributed by atoms with Crippen molar-refractivity contribution >= 4 is 0 Å². The lowest BCUT2D eigenvalue weighted by Gasteiger charge is -2.28. The molecule has 0 spiro atoms. The van der Waals surface area contributed by atoms with Gasteiger partial charge in [0.15, 0.2) is 0 Å². The highest BCUT2D eigenvalue weighted by Gasteiger charge is 2.22. The minimum Gasteiger partial charge on any atom is -0.497 e. The summed E-state index contributed by atoms with van der Waals surface area (Å²) in [6, 6.07) is 14.8. The number of nitrogens with zero attached hydrogens (tertiary/aromatic N) is 2. The summed E-state index contributed by atoms with van der Waals surface area (Å²) in [7, 11) is 3.90. The number of aromatic nitrogens is 2. The van der Waals surface area contributed by atoms with E-state index in [9.17, 15) is 0 Å². The average Bonchev–Trinajstić information content (AvgIpc) is 3.15. The Morgan fingerprint density at radius 3 is 2.35 bits per heavy atom. The molecule has 0 amide bonds. The van der Waals surface area contributed by atoms with Crippen molar-refractivity contribution in [2.75, 3.05) is 27.2 Å². The molecule has 0 radical (unpaired) electrons. The second-order valence-corrected chi connectivity index (χ2v) is 7.06. The van der Waals surface area contributed by atoms with Gasteiger partial charge >= 0.3 is 0 Å². The van der Waals surface area contributed by atoms with Crippen LogP contribution in [0.4, 0.5) is 0 Å². The first-order valence-electron chi connectivity index (χ1n) is 9.21. The van der Waals surface area contributed by atoms with Crippen molar-refractivity contribution in [3.8, 4) is 28.1 Å². The predicted octanol–water partition coefficient (Wildman–Crippen LogP) is 4.56. The summed E-state index contributed by atoms with van der Waals surface area (Å²) in [5, 5.41) is 0. The highest BCUT2D eigenvalue weighted by molar-refractivity contribution is 5.82. The van der Waals surface area contributed by atoms with E-state index in [0.717, 1.165) is 18.8 Å². The molecule has 26 heavy (non-hydrogen) atoms. The molecule has 4 nitrogen and oxygen atoms in total. The van der Waals surface area contributed by atoms with E-state index in [1.165, 1.54) is 40.9 Å². The van der Waals surface area contributed by atoms with Gasteiger partial charge in [-0.25, -0.2) is 0 Å². The van der Waals surface area contributed by atoms with Crippen LogP contribution in [0.15, 0.2) is 54.9 Å². The predicted molar refractivity (Wildman–Crippen MR) is 105 cm³/mol. The Hall–Kier alpha value is -2.59. The van der Waals surface area contributed by atoms with Gasteiger partial charge in [0.25, 0.3) is 0 Å². The third-order valence-electron chi connectivity index (χ3n) is 5.37. The van der Waals surface area contributed by atoms with Crippen LogP contribution in [0.1, 0.15) is 24.5 Å². The molecule has 1 aliphatic heterocycles. The van der Waals surface area contributed by atoms with Crippen molar-refractivity contribution in [2.24, 2.45) is 0 Å². The maximum atomic E-state index is 5.31. The number of methoxy groups -OCH3 is 1. The van der Waals surface area contributed by atoms with Gasteiger partial charge in [0.05, 0.1) is 12.8 Å². The van der Waals surface area contributed by atoms with E-state index in [2.05, 4.69) is 52.2 Å². The van der Waals surface area contributed by atoms with Crippen molar-refractivity contribution in [1.82, 2.24) is 14.9 Å². The molecule has 1 saturated heterocycles. The fourth-order valence-corrected chi connectivity index (χ4v) is 3.76. The maximum absolute atomic E-state index is 5.31. The lowest BCUT2D eigenvalue weighted by molar-refractivity contribution is 0.253. The number of rotatable bonds is 4. The van der Waals surface area contributed by atoms with Gasteiger partial charge < -0.3 is 14.6 Å². The summed E-state index contributed by atoms with van der Waals surface area (Å²) in [5.74, 6) is 1.47. The first-order chi connectivity index (χ1) is 12.7. The number of piperidine rings is 1. The first kappa shape index (κ1) is 16.9. The Kier molecular flexibility index (Phi) is 4.76. The number of pyridine rings is 1. The molecule has 0 saturated carbocycles. The molecule has 4 heteroatoms. The number of hydrogen-bond donors (Lipinski definition) is 1. The van der Waals surface area contributed by atoms with Crippen molar-refractivity contribution in [3.63, 3.8) is 0 Å². The van der Waals surface area contributed by atoms with Crippen LogP contribution in [0.5, 0.6) is 5.75 Å². The lowest BCUT2D eigenvalue weighted by Crippen LogP contribution is -2.29. The summed E-state index contributed by atoms with van der Waals surface area (Å²) in [4.78, 5) is 10.3. The van der Waals surface area contributed by atoms with Crippen molar-refractivity contribution in [2.45, 2.75) is 18.8 Å². The number of ether oxygens (including phenoxy) is 1. The zero-order valence-electron chi connectivity index (χ0n) is 15.4. The van der Waals surface area contributed by atoms with Gasteiger partial charge in [0.1, 0.15) is 5.75 Å². The van der Waals surface area contributed by atoms with Crippen LogP contribution >= 0.6 is 0 Å². The van der Waals surface area contributed by atoms with Gasteiger partial charge in [-0.3, -0.25) is 4.98 Å². The van der Waals surface area contributed by atoms with E-state index in [-0.39, 0.29) is 0 Å². The van der Waals surface area contributed by atoms with Crippen molar-refractivity contribution in [1.29, 1.82) is 0 Å². The lowest BCUT2D eigenvalue weighted by atomic mass is 9.93. The fourth-order valence-electron chi connectivity index (χ4n) is 3.76. The second kappa shape index (κ2) is 7.34. The van der Waals surface area contributed by atoms with Crippen molar-refractivity contribution in [3.05, 3.63) is 60.6 Å². The number of H-pyrrole nitrogens is 1. The average molecular weight is 347 g/mol. The number of aromatic amines is 1. The van der Waals surface area contributed by atoms with E-state index in [0.29, 0.717) is 5.92 Å². The SMILES string of the molecule is COc1ccc(-c2[nH]c(C3CCN(C)CC3)cc2-c2ccncc2)cc1. The van der Waals surface area contributed by atoms with E-state index < -0.39 is 0 Å². The molecule has 0 atom stereocenters. The van der Waals surface area contributed by atoms with Crippen LogP contribution in [0.2, 0.25) is 0 Å². The Labute approximate surface area is 154 Å². The molecule has 1 N–H and O–H groups in total. The molecule has 0 bridgehead atoms. The van der Waals surface area contributed by atoms with Gasteiger partial charge in [-0.1, -0.05) is 0 Å². The monoisotopic (exact) mass is 347 g/mol. The molecule has 134 valence electrons. The molecule has 2 aromatic heterocycles. The molecule has 0 unspecified atom stereocenters. The van der Waals surface area contributed by atoms with E-state index in [1.807, 2.05) is 24.5 Å². The molecule has 1 fully saturated rings. The third-order valence-corrected chi connectivity index (χ3v) is 5.37. The Morgan fingerprint density at radius 1 is 1.00 bits per heavy atom. The summed E-state index contributed by atoms with van der Waals surface area (Å²) in [6.07, 6.45) is 6.12. The van der Waals surface area contributed by atoms with Crippen LogP contribution < -0.4 is 4.74 Å². The highest BCUT2D eigenvalue weighted by atomic mass is 16.5. The normalized spacial score (nSPS) is 15.9. The maximum Gasteiger partial charge on any atom is 0.118 e. The Morgan fingerprint density at radius 2 is 1.69 bits per heavy atom. The van der Waals surface area contributed by atoms with Crippen LogP contribution in [-0.4, -0.2) is 42.1 Å². The minimum atomic E-state index is 0.596. The number of benzene rings is 1. The van der Waals surface area contributed by atoms with Gasteiger partial charge in [0.2, 0.25) is 0 Å². The van der Waals surface area contributed by atoms with Gasteiger partial charge in [-0.05, 0) is 86.6 Å². The minimum absolute atomic E-state index is 0.596. The van der Waals surface area contributed by atoms with Gasteiger partial charge in [-0.2, -0.15) is 0 Å². The molecular formula is C22H25N3O. The van der Waals surface area contributed by atoms with Crippen LogP contribution in [-0.2, 0) is 0 Å². The molecule has 4 rings (SSSR count). The topological polar surface area (TPSA) is 41.1 Å². The van der Waals surface area contributed by atoms with Crippen molar-refractivity contribution < 1.29 is 4.74 Å². The summed E-state index contributed by atoms with van der Waals surface area (Å²) >= 11 is 0. The zero-order valence-corrected chi connectivity index (χ0v) is 15.4. The summed E-state index contributed by atoms with van der Waals surface area (Å²) in [5.41, 5.74) is 6.13. The molecular weight excluding hydrogens is 322 g/mol. The largest absolute Gasteiger partial charge is 0.497 e. The molecule has 3 aromatic rings. The second-order valence-electron chi connectivity index (χ2n) is 7.06. The zero-order chi connectivity index (χ0) is 17.9. The summed E-state index contributed by atoms with van der Waals surface area (Å²) < 4.78 is 5.31. The smallest absolute Gasteiger partial charge is 0.118 e. The third kappa shape index (κ3) is 3.37. The van der Waals surface area contributed by atoms with Gasteiger partial charge in [-0.15, -0.1) is 0 Å². The quantitative estimate of drug-likeness (QED) is 0.752. The molecule has 1 aromatic carbocycles.